The van der Waals surface area contributed by atoms with Crippen molar-refractivity contribution in [2.24, 2.45) is 0 Å². The number of fused-ring (bicyclic) bond motifs is 1. The van der Waals surface area contributed by atoms with E-state index in [0.29, 0.717) is 48.9 Å². The summed E-state index contributed by atoms with van der Waals surface area (Å²) in [4.78, 5) is 22.1. The average molecular weight is 551 g/mol. The Hall–Kier alpha value is -2.51. The minimum atomic E-state index is -4.01. The standard InChI is InChI=1S/C25H28F2N4O4S2/c26-18-7-9-19(10-8-18)37(33,34)31-13-2-5-21(31)24(32)30(12-3-11-29-14-16-35-17-15-29)25-28-23-20(27)4-1-6-22(23)36-25/h1,4,6-10,21H,2-3,5,11-17H2. The molecule has 1 atom stereocenters. The van der Waals surface area contributed by atoms with Gasteiger partial charge < -0.3 is 4.74 Å². The summed E-state index contributed by atoms with van der Waals surface area (Å²) in [6.45, 7) is 4.20. The zero-order valence-corrected chi connectivity index (χ0v) is 21.8. The van der Waals surface area contributed by atoms with Gasteiger partial charge in [-0.05, 0) is 55.7 Å². The maximum absolute atomic E-state index is 14.4. The third kappa shape index (κ3) is 5.53. The third-order valence-corrected chi connectivity index (χ3v) is 9.69. The van der Waals surface area contributed by atoms with Crippen LogP contribution in [-0.4, -0.2) is 80.5 Å². The van der Waals surface area contributed by atoms with Crippen molar-refractivity contribution in [2.75, 3.05) is 50.8 Å². The van der Waals surface area contributed by atoms with Crippen molar-refractivity contribution >= 4 is 42.6 Å². The predicted molar refractivity (Wildman–Crippen MR) is 137 cm³/mol. The molecular weight excluding hydrogens is 522 g/mol. The largest absolute Gasteiger partial charge is 0.379 e. The molecule has 0 spiro atoms. The van der Waals surface area contributed by atoms with Gasteiger partial charge in [0.25, 0.3) is 0 Å². The fourth-order valence-corrected chi connectivity index (χ4v) is 7.45. The van der Waals surface area contributed by atoms with Crippen molar-refractivity contribution in [2.45, 2.75) is 30.2 Å². The fourth-order valence-electron chi connectivity index (χ4n) is 4.79. The van der Waals surface area contributed by atoms with Gasteiger partial charge in [0, 0.05) is 32.7 Å². The van der Waals surface area contributed by atoms with Gasteiger partial charge in [-0.25, -0.2) is 22.2 Å². The predicted octanol–water partition coefficient (Wildman–Crippen LogP) is 3.48. The first-order valence-electron chi connectivity index (χ1n) is 12.3. The van der Waals surface area contributed by atoms with E-state index >= 15 is 0 Å². The van der Waals surface area contributed by atoms with Crippen LogP contribution in [0.4, 0.5) is 13.9 Å². The van der Waals surface area contributed by atoms with E-state index in [1.807, 2.05) is 0 Å². The number of ether oxygens (including phenoxy) is 1. The van der Waals surface area contributed by atoms with Gasteiger partial charge in [0.1, 0.15) is 23.2 Å². The number of sulfonamides is 1. The van der Waals surface area contributed by atoms with Crippen LogP contribution in [0.25, 0.3) is 10.2 Å². The minimum Gasteiger partial charge on any atom is -0.379 e. The zero-order chi connectivity index (χ0) is 26.0. The molecule has 2 aliphatic rings. The Balaban J connectivity index is 1.42. The normalized spacial score (nSPS) is 19.5. The molecule has 1 aromatic heterocycles. The highest BCUT2D eigenvalue weighted by molar-refractivity contribution is 7.89. The second-order valence-electron chi connectivity index (χ2n) is 9.11. The van der Waals surface area contributed by atoms with E-state index in [4.69, 9.17) is 4.74 Å². The summed E-state index contributed by atoms with van der Waals surface area (Å²) in [7, 11) is -4.01. The molecule has 0 aliphatic carbocycles. The first-order chi connectivity index (χ1) is 17.8. The van der Waals surface area contributed by atoms with Gasteiger partial charge in [0.15, 0.2) is 5.13 Å². The van der Waals surface area contributed by atoms with Crippen LogP contribution in [0.15, 0.2) is 47.4 Å². The molecule has 198 valence electrons. The van der Waals surface area contributed by atoms with Crippen LogP contribution in [0.3, 0.4) is 0 Å². The lowest BCUT2D eigenvalue weighted by Gasteiger charge is -2.30. The molecule has 3 aromatic rings. The Bertz CT molecular complexity index is 1360. The molecule has 3 heterocycles. The Kier molecular flexibility index (Phi) is 7.82. The summed E-state index contributed by atoms with van der Waals surface area (Å²) in [5.41, 5.74) is 0.190. The number of carbonyl (C=O) groups is 1. The SMILES string of the molecule is O=C(C1CCCN1S(=O)(=O)c1ccc(F)cc1)N(CCCN1CCOCC1)c1nc2c(F)cccc2s1. The molecular formula is C25H28F2N4O4S2. The number of aromatic nitrogens is 1. The lowest BCUT2D eigenvalue weighted by atomic mass is 10.2. The van der Waals surface area contributed by atoms with E-state index in [9.17, 15) is 22.0 Å². The van der Waals surface area contributed by atoms with E-state index in [0.717, 1.165) is 31.8 Å². The number of amides is 1. The second kappa shape index (κ2) is 11.1. The maximum Gasteiger partial charge on any atom is 0.247 e. The lowest BCUT2D eigenvalue weighted by Crippen LogP contribution is -2.48. The number of thiazole rings is 1. The van der Waals surface area contributed by atoms with E-state index in [1.165, 1.54) is 38.7 Å². The van der Waals surface area contributed by atoms with Crippen molar-refractivity contribution < 1.29 is 26.7 Å². The Morgan fingerprint density at radius 1 is 1.11 bits per heavy atom. The van der Waals surface area contributed by atoms with E-state index in [-0.39, 0.29) is 22.9 Å². The second-order valence-corrected chi connectivity index (χ2v) is 12.0. The highest BCUT2D eigenvalue weighted by Gasteiger charge is 2.42. The Morgan fingerprint density at radius 2 is 1.86 bits per heavy atom. The highest BCUT2D eigenvalue weighted by Crippen LogP contribution is 2.33. The third-order valence-electron chi connectivity index (χ3n) is 6.72. The highest BCUT2D eigenvalue weighted by atomic mass is 32.2. The van der Waals surface area contributed by atoms with Crippen LogP contribution in [0.1, 0.15) is 19.3 Å². The lowest BCUT2D eigenvalue weighted by molar-refractivity contribution is -0.121. The van der Waals surface area contributed by atoms with Crippen molar-refractivity contribution in [3.63, 3.8) is 0 Å². The molecule has 5 rings (SSSR count). The van der Waals surface area contributed by atoms with Crippen LogP contribution in [0, 0.1) is 11.6 Å². The maximum atomic E-state index is 14.4. The molecule has 0 saturated carbocycles. The number of nitrogens with zero attached hydrogens (tertiary/aromatic N) is 4. The van der Waals surface area contributed by atoms with Crippen LogP contribution < -0.4 is 4.90 Å². The molecule has 0 N–H and O–H groups in total. The van der Waals surface area contributed by atoms with Gasteiger partial charge in [0.2, 0.25) is 15.9 Å². The average Bonchev–Trinajstić information content (AvgIpc) is 3.56. The van der Waals surface area contributed by atoms with Gasteiger partial charge in [0.05, 0.1) is 22.8 Å². The molecule has 1 unspecified atom stereocenters. The van der Waals surface area contributed by atoms with Gasteiger partial charge >= 0.3 is 0 Å². The smallest absolute Gasteiger partial charge is 0.247 e. The molecule has 2 saturated heterocycles. The molecule has 12 heteroatoms. The molecule has 0 radical (unpaired) electrons. The molecule has 1 amide bonds. The van der Waals surface area contributed by atoms with Crippen molar-refractivity contribution in [3.05, 3.63) is 54.1 Å². The summed E-state index contributed by atoms with van der Waals surface area (Å²) in [5, 5.41) is 0.345. The number of anilines is 1. The first-order valence-corrected chi connectivity index (χ1v) is 14.5. The molecule has 2 fully saturated rings. The summed E-state index contributed by atoms with van der Waals surface area (Å²) in [6, 6.07) is 8.34. The monoisotopic (exact) mass is 550 g/mol. The van der Waals surface area contributed by atoms with Crippen molar-refractivity contribution in [3.8, 4) is 0 Å². The summed E-state index contributed by atoms with van der Waals surface area (Å²) in [6.07, 6.45) is 1.52. The first kappa shape index (κ1) is 26.1. The number of benzene rings is 2. The van der Waals surface area contributed by atoms with Crippen molar-refractivity contribution in [1.29, 1.82) is 0 Å². The summed E-state index contributed by atoms with van der Waals surface area (Å²) < 4.78 is 61.8. The number of para-hydroxylation sites is 1. The molecule has 2 aromatic carbocycles. The fraction of sp³-hybridized carbons (Fsp3) is 0.440. The number of hydrogen-bond donors (Lipinski definition) is 0. The van der Waals surface area contributed by atoms with Crippen LogP contribution in [0.2, 0.25) is 0 Å². The van der Waals surface area contributed by atoms with Gasteiger partial charge in [-0.1, -0.05) is 17.4 Å². The molecule has 0 bridgehead atoms. The van der Waals surface area contributed by atoms with E-state index in [2.05, 4.69) is 9.88 Å². The topological polar surface area (TPSA) is 83.1 Å². The van der Waals surface area contributed by atoms with Crippen LogP contribution in [-0.2, 0) is 19.6 Å². The van der Waals surface area contributed by atoms with E-state index < -0.39 is 27.7 Å². The van der Waals surface area contributed by atoms with Gasteiger partial charge in [-0.15, -0.1) is 0 Å². The van der Waals surface area contributed by atoms with Crippen molar-refractivity contribution in [1.82, 2.24) is 14.2 Å². The zero-order valence-electron chi connectivity index (χ0n) is 20.2. The number of carbonyl (C=O) groups excluding carboxylic acids is 1. The quantitative estimate of drug-likeness (QED) is 0.427. The van der Waals surface area contributed by atoms with Crippen LogP contribution >= 0.6 is 11.3 Å². The summed E-state index contributed by atoms with van der Waals surface area (Å²) >= 11 is 1.21. The molecule has 37 heavy (non-hydrogen) atoms. The van der Waals surface area contributed by atoms with E-state index in [1.54, 1.807) is 12.1 Å². The molecule has 8 nitrogen and oxygen atoms in total. The number of hydrogen-bond acceptors (Lipinski definition) is 7. The number of rotatable bonds is 8. The number of halogens is 2. The Morgan fingerprint density at radius 3 is 2.59 bits per heavy atom. The van der Waals surface area contributed by atoms with Gasteiger partial charge in [-0.3, -0.25) is 14.6 Å². The van der Waals surface area contributed by atoms with Gasteiger partial charge in [-0.2, -0.15) is 4.31 Å². The molecule has 2 aliphatic heterocycles. The number of morpholine rings is 1. The summed E-state index contributed by atoms with van der Waals surface area (Å²) in [5.74, 6) is -1.39. The minimum absolute atomic E-state index is 0.0606. The van der Waals surface area contributed by atoms with Crippen LogP contribution in [0.5, 0.6) is 0 Å². The Labute approximate surface area is 218 Å².